The average Bonchev–Trinajstić information content (AvgIpc) is 2.80. The SMILES string of the molecule is CCCCN1C(=O)c2cccc3c([N+](=O)[O-])cc([N+](=O)[O-])c1c23. The van der Waals surface area contributed by atoms with Crippen molar-refractivity contribution in [1.82, 2.24) is 0 Å². The summed E-state index contributed by atoms with van der Waals surface area (Å²) in [5.41, 5.74) is -0.314. The highest BCUT2D eigenvalue weighted by atomic mass is 16.6. The number of carbonyl (C=O) groups is 1. The summed E-state index contributed by atoms with van der Waals surface area (Å²) in [5.74, 6) is -0.345. The maximum absolute atomic E-state index is 12.6. The van der Waals surface area contributed by atoms with Crippen LogP contribution in [0.2, 0.25) is 0 Å². The largest absolute Gasteiger partial charge is 0.302 e. The number of non-ortho nitro benzene ring substituents is 1. The fourth-order valence-corrected chi connectivity index (χ4v) is 2.94. The van der Waals surface area contributed by atoms with E-state index in [0.29, 0.717) is 18.4 Å². The Balaban J connectivity index is 2.39. The Bertz CT molecular complexity index is 862. The lowest BCUT2D eigenvalue weighted by atomic mass is 10.0. The minimum Gasteiger partial charge on any atom is -0.302 e. The first kappa shape index (κ1) is 14.9. The van der Waals surface area contributed by atoms with Gasteiger partial charge in [-0.2, -0.15) is 0 Å². The number of nitro groups is 2. The average molecular weight is 315 g/mol. The van der Waals surface area contributed by atoms with Gasteiger partial charge >= 0.3 is 5.69 Å². The molecule has 1 aliphatic rings. The van der Waals surface area contributed by atoms with E-state index < -0.39 is 15.5 Å². The Morgan fingerprint density at radius 3 is 2.43 bits per heavy atom. The summed E-state index contributed by atoms with van der Waals surface area (Å²) < 4.78 is 0. The minimum absolute atomic E-state index is 0.171. The Hall–Kier alpha value is -3.03. The van der Waals surface area contributed by atoms with E-state index in [1.54, 1.807) is 12.1 Å². The van der Waals surface area contributed by atoms with Crippen LogP contribution in [0.15, 0.2) is 24.3 Å². The van der Waals surface area contributed by atoms with Gasteiger partial charge in [0.1, 0.15) is 5.69 Å². The first-order chi connectivity index (χ1) is 11.0. The van der Waals surface area contributed by atoms with E-state index in [0.717, 1.165) is 12.5 Å². The number of hydrogen-bond donors (Lipinski definition) is 0. The molecule has 1 aliphatic heterocycles. The van der Waals surface area contributed by atoms with Crippen LogP contribution in [0.4, 0.5) is 17.1 Å². The van der Waals surface area contributed by atoms with Gasteiger partial charge in [-0.1, -0.05) is 19.4 Å². The lowest BCUT2D eigenvalue weighted by Crippen LogP contribution is -2.28. The third-order valence-electron chi connectivity index (χ3n) is 3.97. The van der Waals surface area contributed by atoms with E-state index in [9.17, 15) is 25.0 Å². The van der Waals surface area contributed by atoms with Gasteiger partial charge in [0.2, 0.25) is 0 Å². The van der Waals surface area contributed by atoms with Crippen molar-refractivity contribution in [3.8, 4) is 0 Å². The first-order valence-electron chi connectivity index (χ1n) is 7.17. The molecule has 0 saturated heterocycles. The number of carbonyl (C=O) groups excluding carboxylic acids is 1. The monoisotopic (exact) mass is 315 g/mol. The highest BCUT2D eigenvalue weighted by Crippen LogP contribution is 2.47. The van der Waals surface area contributed by atoms with Crippen LogP contribution in [0.25, 0.3) is 10.8 Å². The molecule has 1 amide bonds. The van der Waals surface area contributed by atoms with Crippen LogP contribution in [0.1, 0.15) is 30.1 Å². The van der Waals surface area contributed by atoms with Gasteiger partial charge in [0.15, 0.2) is 0 Å². The second-order valence-corrected chi connectivity index (χ2v) is 5.32. The summed E-state index contributed by atoms with van der Waals surface area (Å²) in [6.45, 7) is 2.30. The quantitative estimate of drug-likeness (QED) is 0.620. The normalized spacial score (nSPS) is 12.9. The molecule has 3 rings (SSSR count). The summed E-state index contributed by atoms with van der Waals surface area (Å²) in [7, 11) is 0. The Kier molecular flexibility index (Phi) is 3.44. The molecular formula is C15H13N3O5. The summed E-state index contributed by atoms with van der Waals surface area (Å²) in [5, 5.41) is 23.2. The topological polar surface area (TPSA) is 107 Å². The van der Waals surface area contributed by atoms with E-state index in [1.165, 1.54) is 11.0 Å². The van der Waals surface area contributed by atoms with Crippen molar-refractivity contribution in [2.24, 2.45) is 0 Å². The number of unbranched alkanes of at least 4 members (excludes halogenated alkanes) is 1. The molecule has 0 unspecified atom stereocenters. The molecule has 23 heavy (non-hydrogen) atoms. The number of rotatable bonds is 5. The van der Waals surface area contributed by atoms with Crippen molar-refractivity contribution in [1.29, 1.82) is 0 Å². The van der Waals surface area contributed by atoms with E-state index in [1.807, 2.05) is 6.92 Å². The summed E-state index contributed by atoms with van der Waals surface area (Å²) >= 11 is 0. The maximum Gasteiger partial charge on any atom is 0.300 e. The summed E-state index contributed by atoms with van der Waals surface area (Å²) in [6.07, 6.45) is 1.51. The van der Waals surface area contributed by atoms with Gasteiger partial charge in [-0.15, -0.1) is 0 Å². The lowest BCUT2D eigenvalue weighted by molar-refractivity contribution is -0.392. The molecular weight excluding hydrogens is 302 g/mol. The minimum atomic E-state index is -0.671. The van der Waals surface area contributed by atoms with Crippen molar-refractivity contribution in [3.63, 3.8) is 0 Å². The molecule has 0 aliphatic carbocycles. The molecule has 2 aromatic carbocycles. The van der Waals surface area contributed by atoms with E-state index in [-0.39, 0.29) is 28.2 Å². The van der Waals surface area contributed by atoms with Crippen LogP contribution < -0.4 is 4.90 Å². The number of nitrogens with zero attached hydrogens (tertiary/aromatic N) is 3. The van der Waals surface area contributed by atoms with Gasteiger partial charge in [-0.05, 0) is 18.6 Å². The molecule has 0 fully saturated rings. The molecule has 0 bridgehead atoms. The Labute approximate surface area is 130 Å². The third-order valence-corrected chi connectivity index (χ3v) is 3.97. The molecule has 8 nitrogen and oxygen atoms in total. The molecule has 0 spiro atoms. The molecule has 0 N–H and O–H groups in total. The van der Waals surface area contributed by atoms with Gasteiger partial charge in [0.05, 0.1) is 26.9 Å². The van der Waals surface area contributed by atoms with Crippen molar-refractivity contribution < 1.29 is 14.6 Å². The van der Waals surface area contributed by atoms with E-state index in [2.05, 4.69) is 0 Å². The lowest BCUT2D eigenvalue weighted by Gasteiger charge is -2.17. The van der Waals surface area contributed by atoms with Crippen molar-refractivity contribution in [3.05, 3.63) is 50.1 Å². The predicted octanol–water partition coefficient (Wildman–Crippen LogP) is 3.42. The standard InChI is InChI=1S/C15H13N3O5/c1-2-3-7-16-14-12(18(22)23)8-11(17(20)21)9-5-4-6-10(13(9)14)15(16)19/h4-6,8H,2-3,7H2,1H3. The van der Waals surface area contributed by atoms with Crippen LogP contribution in [0, 0.1) is 20.2 Å². The van der Waals surface area contributed by atoms with Crippen LogP contribution in [0.5, 0.6) is 0 Å². The second-order valence-electron chi connectivity index (χ2n) is 5.32. The first-order valence-corrected chi connectivity index (χ1v) is 7.17. The predicted molar refractivity (Wildman–Crippen MR) is 83.8 cm³/mol. The number of hydrogen-bond acceptors (Lipinski definition) is 5. The van der Waals surface area contributed by atoms with Gasteiger partial charge < -0.3 is 4.90 Å². The number of nitro benzene ring substituents is 2. The van der Waals surface area contributed by atoms with Crippen LogP contribution in [0.3, 0.4) is 0 Å². The molecule has 8 heteroatoms. The zero-order valence-electron chi connectivity index (χ0n) is 12.3. The van der Waals surface area contributed by atoms with Crippen molar-refractivity contribution >= 4 is 33.7 Å². The van der Waals surface area contributed by atoms with Gasteiger partial charge in [-0.3, -0.25) is 25.0 Å². The number of amides is 1. The fraction of sp³-hybridized carbons (Fsp3) is 0.267. The Morgan fingerprint density at radius 1 is 1.13 bits per heavy atom. The smallest absolute Gasteiger partial charge is 0.300 e. The molecule has 2 aromatic rings. The number of anilines is 1. The van der Waals surface area contributed by atoms with Crippen LogP contribution >= 0.6 is 0 Å². The Morgan fingerprint density at radius 2 is 1.83 bits per heavy atom. The molecule has 0 radical (unpaired) electrons. The summed E-state index contributed by atoms with van der Waals surface area (Å²) in [4.78, 5) is 35.3. The van der Waals surface area contributed by atoms with Crippen molar-refractivity contribution in [2.75, 3.05) is 11.4 Å². The number of benzene rings is 2. The van der Waals surface area contributed by atoms with E-state index in [4.69, 9.17) is 0 Å². The maximum atomic E-state index is 12.6. The molecule has 1 heterocycles. The second kappa shape index (κ2) is 5.31. The van der Waals surface area contributed by atoms with Gasteiger partial charge in [0.25, 0.3) is 11.6 Å². The fourth-order valence-electron chi connectivity index (χ4n) is 2.94. The highest BCUT2D eigenvalue weighted by molar-refractivity contribution is 6.28. The van der Waals surface area contributed by atoms with Crippen molar-refractivity contribution in [2.45, 2.75) is 19.8 Å². The van der Waals surface area contributed by atoms with E-state index >= 15 is 0 Å². The zero-order chi connectivity index (χ0) is 16.7. The van der Waals surface area contributed by atoms with Crippen LogP contribution in [-0.4, -0.2) is 22.3 Å². The molecule has 0 aromatic heterocycles. The molecule has 0 saturated carbocycles. The highest BCUT2D eigenvalue weighted by Gasteiger charge is 2.38. The molecule has 0 atom stereocenters. The third kappa shape index (κ3) is 2.10. The van der Waals surface area contributed by atoms with Gasteiger partial charge in [0, 0.05) is 11.9 Å². The van der Waals surface area contributed by atoms with Gasteiger partial charge in [-0.25, -0.2) is 0 Å². The zero-order valence-corrected chi connectivity index (χ0v) is 12.3. The molecule has 118 valence electrons. The van der Waals surface area contributed by atoms with Crippen LogP contribution in [-0.2, 0) is 0 Å². The summed E-state index contributed by atoms with van der Waals surface area (Å²) in [6, 6.07) is 5.56.